The Morgan fingerprint density at radius 1 is 1.00 bits per heavy atom. The Balaban J connectivity index is 2.16. The maximum absolute atomic E-state index is 13.3. The first-order valence-corrected chi connectivity index (χ1v) is 5.88. The Kier molecular flexibility index (Phi) is 3.91. The molecular weight excluding hydrogens is 309 g/mol. The van der Waals surface area contributed by atoms with Crippen LogP contribution in [-0.2, 0) is 6.61 Å². The van der Waals surface area contributed by atoms with E-state index < -0.39 is 17.5 Å². The molecule has 1 nitrogen and oxygen atoms in total. The molecule has 0 amide bonds. The smallest absolute Gasteiger partial charge is 0.165 e. The van der Waals surface area contributed by atoms with Crippen molar-refractivity contribution in [1.82, 2.24) is 0 Å². The van der Waals surface area contributed by atoms with Gasteiger partial charge in [0.25, 0.3) is 0 Å². The second-order valence-corrected chi connectivity index (χ2v) is 4.37. The molecule has 94 valence electrons. The van der Waals surface area contributed by atoms with Crippen LogP contribution < -0.4 is 4.74 Å². The van der Waals surface area contributed by atoms with Crippen LogP contribution in [0.25, 0.3) is 0 Å². The molecule has 0 aromatic heterocycles. The summed E-state index contributed by atoms with van der Waals surface area (Å²) in [5.74, 6) is -1.89. The third kappa shape index (κ3) is 2.85. The summed E-state index contributed by atoms with van der Waals surface area (Å²) in [6.45, 7) is -0.0568. The highest BCUT2D eigenvalue weighted by Crippen LogP contribution is 2.24. The first-order valence-electron chi connectivity index (χ1n) is 5.08. The largest absolute Gasteiger partial charge is 0.486 e. The predicted octanol–water partition coefficient (Wildman–Crippen LogP) is 4.45. The molecule has 0 fully saturated rings. The molecular formula is C13H8BrF3O. The number of hydrogen-bond donors (Lipinski definition) is 0. The van der Waals surface area contributed by atoms with Gasteiger partial charge in [-0.3, -0.25) is 0 Å². The lowest BCUT2D eigenvalue weighted by Gasteiger charge is -2.09. The summed E-state index contributed by atoms with van der Waals surface area (Å²) in [4.78, 5) is 0. The second kappa shape index (κ2) is 5.44. The van der Waals surface area contributed by atoms with Crippen LogP contribution in [0.2, 0.25) is 0 Å². The van der Waals surface area contributed by atoms with Gasteiger partial charge in [-0.15, -0.1) is 0 Å². The zero-order chi connectivity index (χ0) is 13.1. The van der Waals surface area contributed by atoms with Gasteiger partial charge in [-0.05, 0) is 34.1 Å². The van der Waals surface area contributed by atoms with Gasteiger partial charge >= 0.3 is 0 Å². The van der Waals surface area contributed by atoms with E-state index in [1.807, 2.05) is 0 Å². The third-order valence-corrected chi connectivity index (χ3v) is 3.20. The van der Waals surface area contributed by atoms with E-state index in [0.29, 0.717) is 5.56 Å². The summed E-state index contributed by atoms with van der Waals surface area (Å²) < 4.78 is 44.8. The molecule has 2 aromatic carbocycles. The van der Waals surface area contributed by atoms with Crippen molar-refractivity contribution in [2.75, 3.05) is 0 Å². The highest BCUT2D eigenvalue weighted by molar-refractivity contribution is 9.10. The fourth-order valence-electron chi connectivity index (χ4n) is 1.40. The van der Waals surface area contributed by atoms with E-state index in [2.05, 4.69) is 15.9 Å². The molecule has 2 rings (SSSR count). The second-order valence-electron chi connectivity index (χ2n) is 3.58. The molecule has 0 saturated heterocycles. The molecule has 0 aliphatic rings. The molecule has 0 unspecified atom stereocenters. The molecule has 0 aliphatic carbocycles. The summed E-state index contributed by atoms with van der Waals surface area (Å²) in [6.07, 6.45) is 0. The van der Waals surface area contributed by atoms with E-state index >= 15 is 0 Å². The van der Waals surface area contributed by atoms with Gasteiger partial charge in [-0.1, -0.05) is 12.1 Å². The summed E-state index contributed by atoms with van der Waals surface area (Å²) in [7, 11) is 0. The van der Waals surface area contributed by atoms with Crippen LogP contribution in [0.1, 0.15) is 5.56 Å². The monoisotopic (exact) mass is 316 g/mol. The lowest BCUT2D eigenvalue weighted by atomic mass is 10.2. The van der Waals surface area contributed by atoms with Crippen LogP contribution in [0.5, 0.6) is 5.75 Å². The van der Waals surface area contributed by atoms with E-state index in [1.165, 1.54) is 12.1 Å². The quantitative estimate of drug-likeness (QED) is 0.813. The maximum atomic E-state index is 13.3. The third-order valence-electron chi connectivity index (χ3n) is 2.31. The van der Waals surface area contributed by atoms with Gasteiger partial charge in [0.05, 0.1) is 4.47 Å². The van der Waals surface area contributed by atoms with Crippen LogP contribution in [0.3, 0.4) is 0 Å². The van der Waals surface area contributed by atoms with Gasteiger partial charge < -0.3 is 4.74 Å². The molecule has 0 saturated carbocycles. The van der Waals surface area contributed by atoms with Crippen LogP contribution in [0, 0.1) is 17.5 Å². The van der Waals surface area contributed by atoms with Crippen molar-refractivity contribution in [3.8, 4) is 5.75 Å². The summed E-state index contributed by atoms with van der Waals surface area (Å²) in [5, 5.41) is 0. The molecule has 0 spiro atoms. The number of rotatable bonds is 3. The number of halogens is 4. The highest BCUT2D eigenvalue weighted by atomic mass is 79.9. The molecule has 0 atom stereocenters. The number of ether oxygens (including phenoxy) is 1. The van der Waals surface area contributed by atoms with E-state index in [0.717, 1.165) is 18.2 Å². The maximum Gasteiger partial charge on any atom is 0.165 e. The molecule has 2 aromatic rings. The van der Waals surface area contributed by atoms with E-state index in [-0.39, 0.29) is 16.8 Å². The van der Waals surface area contributed by atoms with Crippen LogP contribution >= 0.6 is 15.9 Å². The van der Waals surface area contributed by atoms with Crippen LogP contribution in [-0.4, -0.2) is 0 Å². The fourth-order valence-corrected chi connectivity index (χ4v) is 1.78. The highest BCUT2D eigenvalue weighted by Gasteiger charge is 2.08. The molecule has 0 radical (unpaired) electrons. The Labute approximate surface area is 110 Å². The predicted molar refractivity (Wildman–Crippen MR) is 64.8 cm³/mol. The molecule has 0 aliphatic heterocycles. The Morgan fingerprint density at radius 3 is 2.56 bits per heavy atom. The zero-order valence-electron chi connectivity index (χ0n) is 9.09. The van der Waals surface area contributed by atoms with Gasteiger partial charge in [-0.25, -0.2) is 13.2 Å². The first-order chi connectivity index (χ1) is 8.58. The van der Waals surface area contributed by atoms with Crippen molar-refractivity contribution < 1.29 is 17.9 Å². The molecule has 0 N–H and O–H groups in total. The zero-order valence-corrected chi connectivity index (χ0v) is 10.7. The lowest BCUT2D eigenvalue weighted by Crippen LogP contribution is -1.99. The van der Waals surface area contributed by atoms with Crippen molar-refractivity contribution in [3.05, 3.63) is 63.9 Å². The van der Waals surface area contributed by atoms with Crippen molar-refractivity contribution in [3.63, 3.8) is 0 Å². The Morgan fingerprint density at radius 2 is 1.78 bits per heavy atom. The Hall–Kier alpha value is -1.49. The van der Waals surface area contributed by atoms with Crippen LogP contribution in [0.4, 0.5) is 13.2 Å². The average molecular weight is 317 g/mol. The minimum absolute atomic E-state index is 0.0568. The van der Waals surface area contributed by atoms with Crippen molar-refractivity contribution in [1.29, 1.82) is 0 Å². The normalized spacial score (nSPS) is 10.4. The summed E-state index contributed by atoms with van der Waals surface area (Å²) >= 11 is 3.06. The van der Waals surface area contributed by atoms with Gasteiger partial charge in [0.15, 0.2) is 11.6 Å². The number of hydrogen-bond acceptors (Lipinski definition) is 1. The number of benzene rings is 2. The minimum atomic E-state index is -0.663. The average Bonchev–Trinajstić information content (AvgIpc) is 2.35. The minimum Gasteiger partial charge on any atom is -0.486 e. The van der Waals surface area contributed by atoms with Gasteiger partial charge in [0.2, 0.25) is 0 Å². The summed E-state index contributed by atoms with van der Waals surface area (Å²) in [6, 6.07) is 7.36. The summed E-state index contributed by atoms with van der Waals surface area (Å²) in [5.41, 5.74) is 0.513. The lowest BCUT2D eigenvalue weighted by molar-refractivity contribution is 0.287. The van der Waals surface area contributed by atoms with Gasteiger partial charge in [-0.2, -0.15) is 0 Å². The van der Waals surface area contributed by atoms with Crippen LogP contribution in [0.15, 0.2) is 40.9 Å². The molecule has 0 bridgehead atoms. The van der Waals surface area contributed by atoms with Crippen molar-refractivity contribution in [2.24, 2.45) is 0 Å². The van der Waals surface area contributed by atoms with E-state index in [1.54, 1.807) is 6.07 Å². The SMILES string of the molecule is Fc1ccc(F)c(OCc2cccc(F)c2Br)c1. The standard InChI is InChI=1S/C13H8BrF3O/c14-13-8(2-1-3-11(13)17)7-18-12-6-9(15)4-5-10(12)16/h1-6H,7H2. The topological polar surface area (TPSA) is 9.23 Å². The van der Waals surface area contributed by atoms with Gasteiger partial charge in [0.1, 0.15) is 18.2 Å². The van der Waals surface area contributed by atoms with E-state index in [4.69, 9.17) is 4.74 Å². The fraction of sp³-hybridized carbons (Fsp3) is 0.0769. The van der Waals surface area contributed by atoms with Gasteiger partial charge in [0, 0.05) is 11.6 Å². The molecule has 0 heterocycles. The van der Waals surface area contributed by atoms with Crippen molar-refractivity contribution >= 4 is 15.9 Å². The Bertz CT molecular complexity index is 570. The first kappa shape index (κ1) is 13.0. The van der Waals surface area contributed by atoms with E-state index in [9.17, 15) is 13.2 Å². The molecule has 5 heteroatoms. The molecule has 18 heavy (non-hydrogen) atoms. The van der Waals surface area contributed by atoms with Crippen molar-refractivity contribution in [2.45, 2.75) is 6.61 Å².